The number of nitriles is 1. The number of aromatic nitrogens is 3. The summed E-state index contributed by atoms with van der Waals surface area (Å²) < 4.78 is 40.3. The molecule has 2 aromatic rings. The van der Waals surface area contributed by atoms with E-state index >= 15 is 0 Å². The van der Waals surface area contributed by atoms with Gasteiger partial charge in [0.25, 0.3) is 0 Å². The van der Waals surface area contributed by atoms with Gasteiger partial charge in [-0.25, -0.2) is 0 Å². The molecule has 7 heteroatoms. The fourth-order valence-electron chi connectivity index (χ4n) is 2.97. The van der Waals surface area contributed by atoms with Crippen LogP contribution in [0, 0.1) is 17.2 Å². The van der Waals surface area contributed by atoms with Crippen LogP contribution in [0.15, 0.2) is 18.3 Å². The van der Waals surface area contributed by atoms with Crippen molar-refractivity contribution in [1.82, 2.24) is 14.6 Å². The van der Waals surface area contributed by atoms with Crippen molar-refractivity contribution >= 4 is 5.65 Å². The molecular formula is C14H13F3N4. The predicted molar refractivity (Wildman–Crippen MR) is 68.5 cm³/mol. The van der Waals surface area contributed by atoms with Crippen molar-refractivity contribution in [2.24, 2.45) is 5.92 Å². The lowest BCUT2D eigenvalue weighted by Crippen LogP contribution is -2.28. The molecule has 110 valence electrons. The van der Waals surface area contributed by atoms with Crippen LogP contribution in [0.2, 0.25) is 0 Å². The molecule has 0 spiro atoms. The summed E-state index contributed by atoms with van der Waals surface area (Å²) in [6.45, 7) is 0. The van der Waals surface area contributed by atoms with E-state index in [1.54, 1.807) is 22.7 Å². The molecule has 21 heavy (non-hydrogen) atoms. The first-order valence-electron chi connectivity index (χ1n) is 6.80. The van der Waals surface area contributed by atoms with Crippen molar-refractivity contribution in [3.63, 3.8) is 0 Å². The van der Waals surface area contributed by atoms with Crippen LogP contribution < -0.4 is 0 Å². The molecule has 2 unspecified atom stereocenters. The average molecular weight is 294 g/mol. The Kier molecular flexibility index (Phi) is 3.32. The number of alkyl halides is 3. The third-order valence-electron chi connectivity index (χ3n) is 4.06. The first kappa shape index (κ1) is 13.9. The van der Waals surface area contributed by atoms with E-state index < -0.39 is 12.1 Å². The van der Waals surface area contributed by atoms with Gasteiger partial charge in [0.05, 0.1) is 11.5 Å². The van der Waals surface area contributed by atoms with Gasteiger partial charge in [0.2, 0.25) is 0 Å². The maximum absolute atomic E-state index is 12.9. The van der Waals surface area contributed by atoms with Crippen molar-refractivity contribution in [3.8, 4) is 6.07 Å². The van der Waals surface area contributed by atoms with Gasteiger partial charge in [0, 0.05) is 12.1 Å². The smallest absolute Gasteiger partial charge is 0.285 e. The Hall–Kier alpha value is -2.10. The third-order valence-corrected chi connectivity index (χ3v) is 4.06. The first-order chi connectivity index (χ1) is 9.99. The quantitative estimate of drug-likeness (QED) is 0.809. The molecule has 0 aromatic carbocycles. The molecule has 0 radical (unpaired) electrons. The summed E-state index contributed by atoms with van der Waals surface area (Å²) in [6, 6.07) is 5.29. The molecular weight excluding hydrogens is 281 g/mol. The predicted octanol–water partition coefficient (Wildman–Crippen LogP) is 3.44. The summed E-state index contributed by atoms with van der Waals surface area (Å²) in [7, 11) is 0. The Morgan fingerprint density at radius 3 is 2.76 bits per heavy atom. The highest BCUT2D eigenvalue weighted by Crippen LogP contribution is 2.43. The van der Waals surface area contributed by atoms with Gasteiger partial charge in [-0.3, -0.25) is 4.40 Å². The molecule has 3 rings (SSSR count). The lowest BCUT2D eigenvalue weighted by molar-refractivity contribution is -0.183. The van der Waals surface area contributed by atoms with Crippen LogP contribution in [0.4, 0.5) is 13.2 Å². The minimum atomic E-state index is -4.16. The van der Waals surface area contributed by atoms with Gasteiger partial charge in [-0.2, -0.15) is 18.4 Å². The van der Waals surface area contributed by atoms with E-state index in [-0.39, 0.29) is 18.8 Å². The SMILES string of the molecule is N#Cc1ccc2nnc(C3CCCC(C(F)(F)F)C3)n2c1. The summed E-state index contributed by atoms with van der Waals surface area (Å²) in [5.74, 6) is -1.02. The van der Waals surface area contributed by atoms with Crippen molar-refractivity contribution in [3.05, 3.63) is 29.7 Å². The minimum Gasteiger partial charge on any atom is -0.285 e. The molecule has 0 aliphatic heterocycles. The third kappa shape index (κ3) is 2.58. The molecule has 2 heterocycles. The van der Waals surface area contributed by atoms with Crippen LogP contribution >= 0.6 is 0 Å². The van der Waals surface area contributed by atoms with Crippen LogP contribution in [0.1, 0.15) is 43.0 Å². The van der Waals surface area contributed by atoms with Crippen LogP contribution in [0.3, 0.4) is 0 Å². The van der Waals surface area contributed by atoms with Crippen LogP contribution in [-0.4, -0.2) is 20.8 Å². The van der Waals surface area contributed by atoms with Gasteiger partial charge >= 0.3 is 6.18 Å². The van der Waals surface area contributed by atoms with E-state index in [9.17, 15) is 13.2 Å². The Labute approximate surface area is 119 Å². The summed E-state index contributed by atoms with van der Waals surface area (Å²) in [5, 5.41) is 17.0. The lowest BCUT2D eigenvalue weighted by Gasteiger charge is -2.29. The summed E-state index contributed by atoms with van der Waals surface area (Å²) in [5.41, 5.74) is 0.991. The van der Waals surface area contributed by atoms with Gasteiger partial charge in [-0.05, 0) is 31.4 Å². The Morgan fingerprint density at radius 2 is 2.05 bits per heavy atom. The van der Waals surface area contributed by atoms with Gasteiger partial charge in [-0.15, -0.1) is 10.2 Å². The van der Waals surface area contributed by atoms with Gasteiger partial charge in [0.15, 0.2) is 5.65 Å². The highest BCUT2D eigenvalue weighted by Gasteiger charge is 2.43. The van der Waals surface area contributed by atoms with E-state index in [0.29, 0.717) is 29.9 Å². The topological polar surface area (TPSA) is 54.0 Å². The zero-order valence-corrected chi connectivity index (χ0v) is 11.1. The Balaban J connectivity index is 1.95. The van der Waals surface area contributed by atoms with Crippen molar-refractivity contribution in [1.29, 1.82) is 5.26 Å². The number of hydrogen-bond acceptors (Lipinski definition) is 3. The van der Waals surface area contributed by atoms with Crippen molar-refractivity contribution < 1.29 is 13.2 Å². The van der Waals surface area contributed by atoms with Crippen LogP contribution in [-0.2, 0) is 0 Å². The number of fused-ring (bicyclic) bond motifs is 1. The zero-order valence-electron chi connectivity index (χ0n) is 11.1. The molecule has 0 N–H and O–H groups in total. The second kappa shape index (κ2) is 5.02. The second-order valence-electron chi connectivity index (χ2n) is 5.42. The number of rotatable bonds is 1. The molecule has 0 amide bonds. The monoisotopic (exact) mass is 294 g/mol. The summed E-state index contributed by atoms with van der Waals surface area (Å²) >= 11 is 0. The van der Waals surface area contributed by atoms with Crippen LogP contribution in [0.5, 0.6) is 0 Å². The average Bonchev–Trinajstić information content (AvgIpc) is 2.89. The van der Waals surface area contributed by atoms with Crippen LogP contribution in [0.25, 0.3) is 5.65 Å². The first-order valence-corrected chi connectivity index (χ1v) is 6.80. The molecule has 1 aliphatic carbocycles. The summed E-state index contributed by atoms with van der Waals surface area (Å²) in [6.07, 6.45) is -1.15. The maximum atomic E-state index is 12.9. The van der Waals surface area contributed by atoms with E-state index in [4.69, 9.17) is 5.26 Å². The minimum absolute atomic E-state index is 0.0427. The number of hydrogen-bond donors (Lipinski definition) is 0. The fraction of sp³-hybridized carbons (Fsp3) is 0.500. The highest BCUT2D eigenvalue weighted by atomic mass is 19.4. The molecule has 1 aliphatic rings. The number of nitrogens with zero attached hydrogens (tertiary/aromatic N) is 4. The number of pyridine rings is 1. The molecule has 0 bridgehead atoms. The fourth-order valence-corrected chi connectivity index (χ4v) is 2.97. The van der Waals surface area contributed by atoms with E-state index in [2.05, 4.69) is 10.2 Å². The lowest BCUT2D eigenvalue weighted by atomic mass is 9.80. The van der Waals surface area contributed by atoms with Crippen molar-refractivity contribution in [2.75, 3.05) is 0 Å². The molecule has 4 nitrogen and oxygen atoms in total. The highest BCUT2D eigenvalue weighted by molar-refractivity contribution is 5.43. The van der Waals surface area contributed by atoms with Crippen molar-refractivity contribution in [2.45, 2.75) is 37.8 Å². The normalized spacial score (nSPS) is 23.1. The molecule has 2 atom stereocenters. The second-order valence-corrected chi connectivity index (χ2v) is 5.42. The van der Waals surface area contributed by atoms with Gasteiger partial charge < -0.3 is 0 Å². The van der Waals surface area contributed by atoms with E-state index in [1.807, 2.05) is 6.07 Å². The Morgan fingerprint density at radius 1 is 1.24 bits per heavy atom. The van der Waals surface area contributed by atoms with E-state index in [1.165, 1.54) is 0 Å². The standard InChI is InChI=1S/C14H13F3N4/c15-14(16,17)11-3-1-2-10(6-11)13-20-19-12-5-4-9(7-18)8-21(12)13/h4-5,8,10-11H,1-3,6H2. The van der Waals surface area contributed by atoms with Gasteiger partial charge in [0.1, 0.15) is 11.9 Å². The largest absolute Gasteiger partial charge is 0.391 e. The maximum Gasteiger partial charge on any atom is 0.391 e. The molecule has 0 saturated heterocycles. The summed E-state index contributed by atoms with van der Waals surface area (Å²) in [4.78, 5) is 0. The van der Waals surface area contributed by atoms with Gasteiger partial charge in [-0.1, -0.05) is 6.42 Å². The van der Waals surface area contributed by atoms with E-state index in [0.717, 1.165) is 0 Å². The number of halogens is 3. The zero-order chi connectivity index (χ0) is 15.0. The molecule has 2 aromatic heterocycles. The molecule has 1 fully saturated rings. The Bertz CT molecular complexity index is 698. The molecule has 1 saturated carbocycles.